The minimum Gasteiger partial charge on any atom is -0.456 e. The van der Waals surface area contributed by atoms with Gasteiger partial charge in [-0.05, 0) is 29.3 Å². The summed E-state index contributed by atoms with van der Waals surface area (Å²) < 4.78 is 19.7. The third kappa shape index (κ3) is 4.48. The Morgan fingerprint density at radius 1 is 0.333 bits per heavy atom. The Morgan fingerprint density at radius 2 is 0.863 bits per heavy atom. The van der Waals surface area contributed by atoms with Crippen LogP contribution in [0.25, 0.3) is 76.9 Å². The molecule has 0 spiro atoms. The van der Waals surface area contributed by atoms with Gasteiger partial charge in [0.25, 0.3) is 0 Å². The third-order valence-corrected chi connectivity index (χ3v) is 10.4. The largest absolute Gasteiger partial charge is 0.456 e. The molecule has 4 heterocycles. The van der Waals surface area contributed by atoms with E-state index in [0.717, 1.165) is 93.6 Å². The van der Waals surface area contributed by atoms with Crippen LogP contribution in [0.15, 0.2) is 165 Å². The van der Waals surface area contributed by atoms with Gasteiger partial charge in [0.15, 0.2) is 0 Å². The van der Waals surface area contributed by atoms with Crippen molar-refractivity contribution in [3.05, 3.63) is 168 Å². The van der Waals surface area contributed by atoms with Gasteiger partial charge in [0, 0.05) is 49.0 Å². The van der Waals surface area contributed by atoms with E-state index < -0.39 is 0 Å². The Labute approximate surface area is 292 Å². The van der Waals surface area contributed by atoms with Crippen molar-refractivity contribution in [1.29, 1.82) is 0 Å². The first kappa shape index (κ1) is 28.6. The molecule has 3 unspecified atom stereocenters. The topological polar surface area (TPSA) is 75.5 Å². The van der Waals surface area contributed by atoms with Crippen LogP contribution in [0.1, 0.15) is 35.2 Å². The van der Waals surface area contributed by atoms with Crippen LogP contribution in [0, 0.1) is 0 Å². The Bertz CT molecular complexity index is 2940. The summed E-state index contributed by atoms with van der Waals surface area (Å²) in [5, 5.41) is 18.1. The smallest absolute Gasteiger partial charge is 0.143 e. The van der Waals surface area contributed by atoms with Gasteiger partial charge in [0.05, 0.1) is 18.5 Å². The van der Waals surface area contributed by atoms with Crippen LogP contribution in [0.3, 0.4) is 0 Å². The van der Waals surface area contributed by atoms with E-state index in [1.807, 2.05) is 30.3 Å². The fourth-order valence-corrected chi connectivity index (χ4v) is 8.02. The highest BCUT2D eigenvalue weighted by atomic mass is 16.3. The molecular weight excluding hydrogens is 631 g/mol. The Hall–Kier alpha value is -6.18. The lowest BCUT2D eigenvalue weighted by atomic mass is 9.99. The number of para-hydroxylation sites is 5. The summed E-state index contributed by atoms with van der Waals surface area (Å²) in [6, 6.07) is 52.6. The van der Waals surface area contributed by atoms with Crippen molar-refractivity contribution in [1.82, 2.24) is 16.0 Å². The summed E-state index contributed by atoms with van der Waals surface area (Å²) in [5.74, 6) is 0. The van der Waals surface area contributed by atoms with E-state index in [1.165, 1.54) is 0 Å². The molecule has 3 atom stereocenters. The van der Waals surface area contributed by atoms with Crippen LogP contribution < -0.4 is 16.0 Å². The molecule has 0 saturated carbocycles. The molecule has 7 aromatic carbocycles. The second-order valence-corrected chi connectivity index (χ2v) is 13.4. The summed E-state index contributed by atoms with van der Waals surface area (Å²) in [5.41, 5.74) is 10.5. The van der Waals surface area contributed by atoms with Crippen molar-refractivity contribution >= 4 is 65.8 Å². The minimum atomic E-state index is -0.237. The van der Waals surface area contributed by atoms with Gasteiger partial charge in [-0.15, -0.1) is 0 Å². The molecule has 3 N–H and O–H groups in total. The summed E-state index contributed by atoms with van der Waals surface area (Å²) in [7, 11) is 0. The summed E-state index contributed by atoms with van der Waals surface area (Å²) in [4.78, 5) is 0. The van der Waals surface area contributed by atoms with Gasteiger partial charge in [-0.25, -0.2) is 0 Å². The zero-order valence-electron chi connectivity index (χ0n) is 27.4. The predicted molar refractivity (Wildman–Crippen MR) is 204 cm³/mol. The molecule has 10 aromatic rings. The minimum absolute atomic E-state index is 0.130. The zero-order chi connectivity index (χ0) is 33.5. The quantitative estimate of drug-likeness (QED) is 0.174. The molecule has 244 valence electrons. The molecule has 0 aliphatic carbocycles. The fraction of sp³-hybridized carbons (Fsp3) is 0.0667. The molecule has 11 rings (SSSR count). The van der Waals surface area contributed by atoms with Gasteiger partial charge in [0.2, 0.25) is 0 Å². The normalized spacial score (nSPS) is 18.2. The van der Waals surface area contributed by atoms with Crippen LogP contribution in [-0.4, -0.2) is 0 Å². The van der Waals surface area contributed by atoms with Crippen molar-refractivity contribution < 1.29 is 13.3 Å². The van der Waals surface area contributed by atoms with E-state index in [0.29, 0.717) is 0 Å². The predicted octanol–water partition coefficient (Wildman–Crippen LogP) is 11.2. The van der Waals surface area contributed by atoms with Crippen molar-refractivity contribution in [2.75, 3.05) is 0 Å². The van der Waals surface area contributed by atoms with Gasteiger partial charge in [-0.2, -0.15) is 0 Å². The maximum atomic E-state index is 6.96. The molecule has 3 aromatic heterocycles. The summed E-state index contributed by atoms with van der Waals surface area (Å²) >= 11 is 0. The molecule has 0 radical (unpaired) electrons. The Kier molecular flexibility index (Phi) is 6.27. The maximum Gasteiger partial charge on any atom is 0.143 e. The molecule has 1 saturated heterocycles. The maximum absolute atomic E-state index is 6.96. The molecule has 0 amide bonds. The number of hydrogen-bond acceptors (Lipinski definition) is 6. The Morgan fingerprint density at radius 3 is 1.63 bits per heavy atom. The number of fused-ring (bicyclic) bond motifs is 9. The molecule has 0 bridgehead atoms. The van der Waals surface area contributed by atoms with Gasteiger partial charge < -0.3 is 13.3 Å². The first-order chi connectivity index (χ1) is 25.3. The second kappa shape index (κ2) is 11.2. The molecule has 51 heavy (non-hydrogen) atoms. The van der Waals surface area contributed by atoms with Crippen LogP contribution >= 0.6 is 0 Å². The monoisotopic (exact) mass is 661 g/mol. The third-order valence-electron chi connectivity index (χ3n) is 10.4. The van der Waals surface area contributed by atoms with E-state index in [1.54, 1.807) is 0 Å². The zero-order valence-corrected chi connectivity index (χ0v) is 27.4. The first-order valence-corrected chi connectivity index (χ1v) is 17.4. The second-order valence-electron chi connectivity index (χ2n) is 13.4. The lowest BCUT2D eigenvalue weighted by Gasteiger charge is -2.39. The molecular formula is C45H31N3O3. The van der Waals surface area contributed by atoms with Gasteiger partial charge in [-0.3, -0.25) is 16.0 Å². The highest BCUT2D eigenvalue weighted by Gasteiger charge is 2.32. The molecule has 6 nitrogen and oxygen atoms in total. The van der Waals surface area contributed by atoms with Crippen molar-refractivity contribution in [3.8, 4) is 11.1 Å². The molecule has 1 aliphatic heterocycles. The Balaban J connectivity index is 1.05. The number of benzene rings is 7. The van der Waals surface area contributed by atoms with E-state index in [4.69, 9.17) is 13.3 Å². The van der Waals surface area contributed by atoms with Crippen molar-refractivity contribution in [2.45, 2.75) is 18.5 Å². The molecule has 6 heteroatoms. The van der Waals surface area contributed by atoms with E-state index in [-0.39, 0.29) is 18.5 Å². The van der Waals surface area contributed by atoms with Crippen LogP contribution in [0.4, 0.5) is 0 Å². The molecule has 1 fully saturated rings. The van der Waals surface area contributed by atoms with E-state index >= 15 is 0 Å². The lowest BCUT2D eigenvalue weighted by molar-refractivity contribution is 0.203. The average molecular weight is 662 g/mol. The SMILES string of the molecule is c1ccc(C2NC(c3ccc4c(c3)oc3ccccc34)NC(c3cccc4c3oc3c(-c5cccc6c5oc5ccccc56)cccc34)N2)cc1. The fourth-order valence-electron chi connectivity index (χ4n) is 8.02. The summed E-state index contributed by atoms with van der Waals surface area (Å²) in [6.07, 6.45) is -0.547. The lowest BCUT2D eigenvalue weighted by Crippen LogP contribution is -2.54. The van der Waals surface area contributed by atoms with E-state index in [9.17, 15) is 0 Å². The number of nitrogens with one attached hydrogen (secondary N) is 3. The standard InChI is InChI=1S/C45H31N3O3/c1-2-11-26(12-3-1)43-46-44(27-23-24-30-28-13-4-6-21-37(28)49-39(30)25-27)48-45(47-43)36-20-10-19-35-34-18-9-17-33(41(34)51-42(35)36)32-16-8-15-31-29-14-5-7-22-38(29)50-40(31)32/h1-25,43-48H. The molecule has 1 aliphatic rings. The van der Waals surface area contributed by atoms with Gasteiger partial charge in [-0.1, -0.05) is 133 Å². The van der Waals surface area contributed by atoms with Crippen LogP contribution in [0.5, 0.6) is 0 Å². The van der Waals surface area contributed by atoms with Gasteiger partial charge >= 0.3 is 0 Å². The van der Waals surface area contributed by atoms with Gasteiger partial charge in [0.1, 0.15) is 33.5 Å². The number of hydrogen-bond donors (Lipinski definition) is 3. The van der Waals surface area contributed by atoms with E-state index in [2.05, 4.69) is 137 Å². The van der Waals surface area contributed by atoms with Crippen LogP contribution in [-0.2, 0) is 0 Å². The average Bonchev–Trinajstić information content (AvgIpc) is 3.89. The number of rotatable bonds is 4. The van der Waals surface area contributed by atoms with Crippen molar-refractivity contribution in [3.63, 3.8) is 0 Å². The van der Waals surface area contributed by atoms with Crippen LogP contribution in [0.2, 0.25) is 0 Å². The van der Waals surface area contributed by atoms with Crippen molar-refractivity contribution in [2.24, 2.45) is 0 Å². The highest BCUT2D eigenvalue weighted by molar-refractivity contribution is 6.15. The summed E-state index contributed by atoms with van der Waals surface area (Å²) in [6.45, 7) is 0. The first-order valence-electron chi connectivity index (χ1n) is 17.4. The highest BCUT2D eigenvalue weighted by Crippen LogP contribution is 2.43. The number of furan rings is 3.